The Morgan fingerprint density at radius 2 is 1.11 bits per heavy atom. The van der Waals surface area contributed by atoms with Crippen molar-refractivity contribution in [1.82, 2.24) is 0 Å². The molecular weight excluding hydrogens is 164 g/mol. The summed E-state index contributed by atoms with van der Waals surface area (Å²) in [7, 11) is 1.70. The Bertz CT molecular complexity index is 51.8. The van der Waals surface area contributed by atoms with Gasteiger partial charge in [0.1, 0.15) is 0 Å². The van der Waals surface area contributed by atoms with Crippen molar-refractivity contribution in [3.63, 3.8) is 0 Å². The minimum Gasteiger partial charge on any atom is -0.398 e. The average molecular weight is 184 g/mol. The van der Waals surface area contributed by atoms with Gasteiger partial charge >= 0.3 is 8.56 Å². The molecule has 0 aromatic carbocycles. The third-order valence-corrected chi connectivity index (χ3v) is 2.95. The second-order valence-corrected chi connectivity index (χ2v) is 5.42. The van der Waals surface area contributed by atoms with Crippen LogP contribution in [0.5, 0.6) is 0 Å². The number of hydrogen-bond donors (Lipinski definition) is 0. The molecule has 0 aromatic heterocycles. The zero-order valence-corrected chi connectivity index (χ0v) is 6.32. The summed E-state index contributed by atoms with van der Waals surface area (Å²) in [5.74, 6) is 0. The van der Waals surface area contributed by atoms with Crippen molar-refractivity contribution in [2.75, 3.05) is 14.2 Å². The van der Waals surface area contributed by atoms with Gasteiger partial charge in [0.25, 0.3) is 0 Å². The molecule has 2 nitrogen and oxygen atoms in total. The summed E-state index contributed by atoms with van der Waals surface area (Å²) in [6.45, 7) is 3.99. The molecule has 0 radical (unpaired) electrons. The fraction of sp³-hybridized carbons (Fsp3) is 1.00. The molecule has 5 heteroatoms. The number of rotatable bonds is 2. The maximum Gasteiger partial charge on any atom is 0.331 e. The third-order valence-electron chi connectivity index (χ3n) is 0.983. The molecule has 0 aliphatic heterocycles. The summed E-state index contributed by atoms with van der Waals surface area (Å²) in [5, 5.41) is 0. The topological polar surface area (TPSA) is 18.5 Å². The van der Waals surface area contributed by atoms with E-state index in [1.807, 2.05) is 13.1 Å². The zero-order chi connectivity index (χ0) is 5.91. The highest BCUT2D eigenvalue weighted by Gasteiger charge is 2.19. The smallest absolute Gasteiger partial charge is 0.331 e. The van der Waals surface area contributed by atoms with E-state index in [4.69, 9.17) is 8.85 Å². The average Bonchev–Trinajstić information content (AvgIpc) is 1.68. The fourth-order valence-electron chi connectivity index (χ4n) is 0.0833. The van der Waals surface area contributed by atoms with Crippen LogP contribution in [0.15, 0.2) is 0 Å². The van der Waals surface area contributed by atoms with Gasteiger partial charge in [0.15, 0.2) is 0 Å². The molecule has 9 heavy (non-hydrogen) atoms. The molecule has 0 rings (SSSR count). The monoisotopic (exact) mass is 184 g/mol. The highest BCUT2D eigenvalue weighted by Crippen LogP contribution is 1.99. The van der Waals surface area contributed by atoms with E-state index >= 15 is 0 Å². The fourth-order valence-corrected chi connectivity index (χ4v) is 0.250. The van der Waals surface area contributed by atoms with Crippen LogP contribution in [-0.2, 0) is 8.85 Å². The van der Waals surface area contributed by atoms with Crippen molar-refractivity contribution in [3.05, 3.63) is 0 Å². The molecule has 0 fully saturated rings. The normalized spacial score (nSPS) is 9.33. The first kappa shape index (κ1) is 16.3. The van der Waals surface area contributed by atoms with Gasteiger partial charge in [-0.15, -0.1) is 0 Å². The van der Waals surface area contributed by atoms with E-state index in [0.29, 0.717) is 0 Å². The van der Waals surface area contributed by atoms with Crippen LogP contribution in [0.2, 0.25) is 13.1 Å². The Kier molecular flexibility index (Phi) is 12.1. The van der Waals surface area contributed by atoms with Gasteiger partial charge in [0.05, 0.1) is 0 Å². The van der Waals surface area contributed by atoms with Gasteiger partial charge in [0, 0.05) is 14.2 Å². The predicted octanol–water partition coefficient (Wildman–Crippen LogP) is -1.92. The van der Waals surface area contributed by atoms with E-state index in [0.717, 1.165) is 0 Å². The van der Waals surface area contributed by atoms with Gasteiger partial charge < -0.3 is 8.85 Å². The Morgan fingerprint density at radius 3 is 1.11 bits per heavy atom. The zero-order valence-electron chi connectivity index (χ0n) is 5.32. The Balaban J connectivity index is -0.000000180. The molecule has 0 saturated heterocycles. The first-order valence-corrected chi connectivity index (χ1v) is 5.04. The quantitative estimate of drug-likeness (QED) is 0.466. The van der Waals surface area contributed by atoms with E-state index in [-0.39, 0.29) is 21.9 Å². The lowest BCUT2D eigenvalue weighted by molar-refractivity contribution is 0.258. The summed E-state index contributed by atoms with van der Waals surface area (Å²) in [6, 6.07) is 0. The van der Waals surface area contributed by atoms with Crippen LogP contribution >= 0.6 is 0 Å². The Morgan fingerprint density at radius 1 is 0.889 bits per heavy atom. The minimum atomic E-state index is -1.65. The molecule has 0 unspecified atom stereocenters. The summed E-state index contributed by atoms with van der Waals surface area (Å²) in [5.41, 5.74) is 0. The lowest BCUT2D eigenvalue weighted by Gasteiger charge is -2.15. The van der Waals surface area contributed by atoms with Crippen LogP contribution in [0, 0.1) is 0 Å². The van der Waals surface area contributed by atoms with Crippen LogP contribution in [0.1, 0.15) is 0 Å². The van der Waals surface area contributed by atoms with Crippen molar-refractivity contribution in [2.45, 2.75) is 13.1 Å². The predicted molar refractivity (Wildman–Crippen MR) is 54.2 cm³/mol. The van der Waals surface area contributed by atoms with Crippen LogP contribution < -0.4 is 0 Å². The molecule has 0 heterocycles. The van der Waals surface area contributed by atoms with Crippen LogP contribution in [0.25, 0.3) is 0 Å². The first-order chi connectivity index (χ1) is 3.12. The molecule has 0 bridgehead atoms. The van der Waals surface area contributed by atoms with Crippen LogP contribution in [0.4, 0.5) is 0 Å². The molecule has 0 N–H and O–H groups in total. The van der Waals surface area contributed by atoms with Gasteiger partial charge in [-0.1, -0.05) is 0 Å². The highest BCUT2D eigenvalue weighted by atomic mass is 28.4. The Labute approximate surface area is 67.2 Å². The van der Waals surface area contributed by atoms with Crippen molar-refractivity contribution < 1.29 is 8.85 Å². The highest BCUT2D eigenvalue weighted by molar-refractivity contribution is 6.64. The Hall–Kier alpha value is 0.571. The van der Waals surface area contributed by atoms with Crippen molar-refractivity contribution >= 4 is 30.5 Å². The summed E-state index contributed by atoms with van der Waals surface area (Å²) >= 11 is 0. The number of hydrogen-bond acceptors (Lipinski definition) is 2. The minimum absolute atomic E-state index is 0. The van der Waals surface area contributed by atoms with Crippen molar-refractivity contribution in [1.29, 1.82) is 0 Å². The van der Waals surface area contributed by atoms with E-state index < -0.39 is 8.56 Å². The molecule has 0 aromatic rings. The third kappa shape index (κ3) is 8.57. The largest absolute Gasteiger partial charge is 0.398 e. The molecule has 0 spiro atoms. The molecule has 60 valence electrons. The summed E-state index contributed by atoms with van der Waals surface area (Å²) < 4.78 is 10.0. The van der Waals surface area contributed by atoms with E-state index in [9.17, 15) is 0 Å². The van der Waals surface area contributed by atoms with E-state index in [1.165, 1.54) is 0 Å². The lowest BCUT2D eigenvalue weighted by atomic mass is 11.8. The standard InChI is InChI=1S/C4H12O2Si.2H4Si/c1-5-7(3,4)6-2;;/h1-4H3;2*1H4. The lowest BCUT2D eigenvalue weighted by Crippen LogP contribution is -2.31. The second kappa shape index (κ2) is 6.69. The first-order valence-electron chi connectivity index (χ1n) is 2.22. The molecule has 0 atom stereocenters. The van der Waals surface area contributed by atoms with Crippen LogP contribution in [-0.4, -0.2) is 44.7 Å². The van der Waals surface area contributed by atoms with E-state index in [1.54, 1.807) is 14.2 Å². The van der Waals surface area contributed by atoms with Crippen LogP contribution in [0.3, 0.4) is 0 Å². The maximum atomic E-state index is 5.00. The van der Waals surface area contributed by atoms with Crippen molar-refractivity contribution in [2.24, 2.45) is 0 Å². The molecular formula is C4H20O2Si3. The van der Waals surface area contributed by atoms with Crippen molar-refractivity contribution in [3.8, 4) is 0 Å². The van der Waals surface area contributed by atoms with Gasteiger partial charge in [-0.25, -0.2) is 0 Å². The maximum absolute atomic E-state index is 5.00. The molecule has 0 aliphatic carbocycles. The SMILES string of the molecule is CO[Si](C)(C)OC.[SiH4].[SiH4]. The molecule has 0 amide bonds. The van der Waals surface area contributed by atoms with Gasteiger partial charge in [-0.05, 0) is 35.0 Å². The molecule has 0 saturated carbocycles. The molecule has 0 aliphatic rings. The summed E-state index contributed by atoms with van der Waals surface area (Å²) in [4.78, 5) is 0. The summed E-state index contributed by atoms with van der Waals surface area (Å²) in [6.07, 6.45) is 0. The second-order valence-electron chi connectivity index (χ2n) is 1.81. The van der Waals surface area contributed by atoms with Gasteiger partial charge in [0.2, 0.25) is 0 Å². The van der Waals surface area contributed by atoms with Gasteiger partial charge in [-0.3, -0.25) is 0 Å². The van der Waals surface area contributed by atoms with Gasteiger partial charge in [-0.2, -0.15) is 0 Å². The van der Waals surface area contributed by atoms with E-state index in [2.05, 4.69) is 0 Å².